The highest BCUT2D eigenvalue weighted by atomic mass is 35.5. The van der Waals surface area contributed by atoms with Gasteiger partial charge in [-0.05, 0) is 12.5 Å². The van der Waals surface area contributed by atoms with E-state index in [1.807, 2.05) is 0 Å². The number of nitrogens with zero attached hydrogens (tertiary/aromatic N) is 3. The smallest absolute Gasteiger partial charge is 0.289 e. The van der Waals surface area contributed by atoms with Gasteiger partial charge >= 0.3 is 6.18 Å². The Bertz CT molecular complexity index is 1010. The fourth-order valence-corrected chi connectivity index (χ4v) is 5.23. The van der Waals surface area contributed by atoms with Crippen molar-refractivity contribution in [2.45, 2.75) is 25.4 Å². The fourth-order valence-electron chi connectivity index (χ4n) is 2.61. The van der Waals surface area contributed by atoms with Gasteiger partial charge in [-0.25, -0.2) is 13.4 Å². The lowest BCUT2D eigenvalue weighted by Gasteiger charge is -2.18. The highest BCUT2D eigenvalue weighted by molar-refractivity contribution is 7.91. The van der Waals surface area contributed by atoms with Crippen LogP contribution in [0.1, 0.15) is 24.3 Å². The molecule has 0 bridgehead atoms. The summed E-state index contributed by atoms with van der Waals surface area (Å²) < 4.78 is 60.6. The standard InChI is InChI=1S/C18H19ClF3N3O4S2/c1-2-8-25(14(26)6-11-31(28,29)10-4-7-18(20,21)22)17-15(19)23-16(30-17)13-5-3-9-24(27)12-13/h1,3,5,9,27H,4,6-8,10-12H2. The van der Waals surface area contributed by atoms with Crippen molar-refractivity contribution in [3.05, 3.63) is 28.5 Å². The second kappa shape index (κ2) is 10.5. The van der Waals surface area contributed by atoms with Crippen LogP contribution in [0.2, 0.25) is 5.15 Å². The van der Waals surface area contributed by atoms with E-state index in [-0.39, 0.29) is 23.2 Å². The third-order valence-corrected chi connectivity index (χ3v) is 7.34. The summed E-state index contributed by atoms with van der Waals surface area (Å²) in [6.45, 7) is -0.0432. The Kier molecular flexibility index (Phi) is 8.53. The molecule has 1 amide bonds. The van der Waals surface area contributed by atoms with Crippen LogP contribution >= 0.6 is 22.9 Å². The predicted octanol–water partition coefficient (Wildman–Crippen LogP) is 3.51. The Labute approximate surface area is 186 Å². The molecule has 0 atom stereocenters. The maximum absolute atomic E-state index is 12.6. The molecule has 31 heavy (non-hydrogen) atoms. The lowest BCUT2D eigenvalue weighted by atomic mass is 10.2. The molecule has 2 rings (SSSR count). The molecular formula is C18H19ClF3N3O4S2. The third-order valence-electron chi connectivity index (χ3n) is 4.07. The van der Waals surface area contributed by atoms with E-state index in [4.69, 9.17) is 18.0 Å². The van der Waals surface area contributed by atoms with Gasteiger partial charge in [0.15, 0.2) is 15.0 Å². The van der Waals surface area contributed by atoms with Crippen molar-refractivity contribution < 1.29 is 31.6 Å². The van der Waals surface area contributed by atoms with Crippen LogP contribution < -0.4 is 4.90 Å². The number of hydroxylamine groups is 2. The quantitative estimate of drug-likeness (QED) is 0.525. The van der Waals surface area contributed by atoms with Crippen LogP contribution in [0.4, 0.5) is 18.2 Å². The summed E-state index contributed by atoms with van der Waals surface area (Å²) >= 11 is 7.21. The van der Waals surface area contributed by atoms with E-state index in [1.54, 1.807) is 12.2 Å². The molecule has 7 nitrogen and oxygen atoms in total. The number of aromatic nitrogens is 1. The first-order valence-corrected chi connectivity index (χ1v) is 11.9. The molecule has 1 aromatic rings. The highest BCUT2D eigenvalue weighted by Gasteiger charge is 2.28. The second-order valence-electron chi connectivity index (χ2n) is 6.55. The van der Waals surface area contributed by atoms with E-state index in [9.17, 15) is 31.6 Å². The molecular weight excluding hydrogens is 479 g/mol. The van der Waals surface area contributed by atoms with Gasteiger partial charge in [0.25, 0.3) is 0 Å². The second-order valence-corrected chi connectivity index (χ2v) is 10.2. The number of carbonyl (C=O) groups excluding carboxylic acids is 1. The summed E-state index contributed by atoms with van der Waals surface area (Å²) in [6, 6.07) is 0. The van der Waals surface area contributed by atoms with Crippen LogP contribution in [-0.4, -0.2) is 60.4 Å². The molecule has 0 saturated heterocycles. The Hall–Kier alpha value is -2.07. The number of halogens is 4. The van der Waals surface area contributed by atoms with Gasteiger partial charge in [-0.1, -0.05) is 34.9 Å². The lowest BCUT2D eigenvalue weighted by Crippen LogP contribution is -2.32. The van der Waals surface area contributed by atoms with Crippen LogP contribution in [0.5, 0.6) is 0 Å². The van der Waals surface area contributed by atoms with Gasteiger partial charge in [0, 0.05) is 24.6 Å². The van der Waals surface area contributed by atoms with Gasteiger partial charge < -0.3 is 0 Å². The molecule has 0 spiro atoms. The lowest BCUT2D eigenvalue weighted by molar-refractivity contribution is -0.134. The van der Waals surface area contributed by atoms with E-state index in [1.165, 1.54) is 6.20 Å². The van der Waals surface area contributed by atoms with E-state index in [0.29, 0.717) is 10.6 Å². The molecule has 1 aliphatic rings. The van der Waals surface area contributed by atoms with Gasteiger partial charge in [-0.2, -0.15) is 13.2 Å². The number of hydrogen-bond acceptors (Lipinski definition) is 7. The minimum absolute atomic E-state index is 0.0171. The van der Waals surface area contributed by atoms with Crippen LogP contribution in [0, 0.1) is 12.3 Å². The summed E-state index contributed by atoms with van der Waals surface area (Å²) in [5.41, 5.74) is 0.642. The Morgan fingerprint density at radius 2 is 2.13 bits per heavy atom. The molecule has 0 saturated carbocycles. The summed E-state index contributed by atoms with van der Waals surface area (Å²) in [7, 11) is -3.85. The molecule has 1 aromatic heterocycles. The summed E-state index contributed by atoms with van der Waals surface area (Å²) in [5.74, 6) is 0.378. The van der Waals surface area contributed by atoms with Crippen molar-refractivity contribution in [1.29, 1.82) is 0 Å². The van der Waals surface area contributed by atoms with Crippen LogP contribution in [0.15, 0.2) is 18.4 Å². The Morgan fingerprint density at radius 3 is 2.74 bits per heavy atom. The largest absolute Gasteiger partial charge is 0.389 e. The molecule has 1 aliphatic heterocycles. The van der Waals surface area contributed by atoms with Crippen LogP contribution in [0.3, 0.4) is 0 Å². The number of hydrogen-bond donors (Lipinski definition) is 1. The van der Waals surface area contributed by atoms with Gasteiger partial charge in [0.1, 0.15) is 10.0 Å². The zero-order valence-electron chi connectivity index (χ0n) is 16.1. The van der Waals surface area contributed by atoms with Crippen molar-refractivity contribution in [1.82, 2.24) is 10.0 Å². The van der Waals surface area contributed by atoms with Gasteiger partial charge in [0.2, 0.25) is 5.91 Å². The predicted molar refractivity (Wildman–Crippen MR) is 112 cm³/mol. The number of terminal acetylenes is 1. The van der Waals surface area contributed by atoms with E-state index in [0.717, 1.165) is 21.3 Å². The van der Waals surface area contributed by atoms with Gasteiger partial charge in [-0.15, -0.1) is 6.42 Å². The summed E-state index contributed by atoms with van der Waals surface area (Å²) in [5, 5.41) is 11.2. The first-order valence-electron chi connectivity index (χ1n) is 8.92. The fraction of sp³-hybridized carbons (Fsp3) is 0.444. The molecule has 170 valence electrons. The number of alkyl halides is 3. The average molecular weight is 498 g/mol. The van der Waals surface area contributed by atoms with Crippen LogP contribution in [-0.2, 0) is 14.6 Å². The van der Waals surface area contributed by atoms with Crippen molar-refractivity contribution in [2.24, 2.45) is 0 Å². The number of carbonyl (C=O) groups is 1. The van der Waals surface area contributed by atoms with E-state index in [2.05, 4.69) is 10.9 Å². The van der Waals surface area contributed by atoms with Crippen LogP contribution in [0.25, 0.3) is 5.57 Å². The molecule has 0 fully saturated rings. The Balaban J connectivity index is 2.08. The van der Waals surface area contributed by atoms with E-state index >= 15 is 0 Å². The number of sulfone groups is 1. The zero-order chi connectivity index (χ0) is 23.2. The Morgan fingerprint density at radius 1 is 1.42 bits per heavy atom. The SMILES string of the molecule is C#CCN(C(=O)CCS(=O)(=O)CCCC(F)(F)F)c1sc(C2=CC=CN(O)C2)nc1Cl. The number of thiazole rings is 1. The van der Waals surface area contributed by atoms with Crippen molar-refractivity contribution in [2.75, 3.05) is 29.5 Å². The van der Waals surface area contributed by atoms with Gasteiger partial charge in [0.05, 0.1) is 24.6 Å². The molecule has 0 aromatic carbocycles. The van der Waals surface area contributed by atoms with Crippen molar-refractivity contribution >= 4 is 49.3 Å². The summed E-state index contributed by atoms with van der Waals surface area (Å²) in [6.07, 6.45) is 3.41. The number of allylic oxidation sites excluding steroid dienone is 2. The first-order chi connectivity index (χ1) is 14.4. The number of amides is 1. The zero-order valence-corrected chi connectivity index (χ0v) is 18.5. The molecule has 0 radical (unpaired) electrons. The minimum atomic E-state index is -4.44. The maximum atomic E-state index is 12.6. The minimum Gasteiger partial charge on any atom is -0.289 e. The monoisotopic (exact) mass is 497 g/mol. The summed E-state index contributed by atoms with van der Waals surface area (Å²) in [4.78, 5) is 17.9. The third kappa shape index (κ3) is 7.84. The number of anilines is 1. The first kappa shape index (κ1) is 25.2. The molecule has 13 heteroatoms. The van der Waals surface area contributed by atoms with Crippen molar-refractivity contribution in [3.63, 3.8) is 0 Å². The maximum Gasteiger partial charge on any atom is 0.389 e. The molecule has 0 aliphatic carbocycles. The molecule has 0 unspecified atom stereocenters. The topological polar surface area (TPSA) is 90.8 Å². The molecule has 2 heterocycles. The number of rotatable bonds is 9. The average Bonchev–Trinajstić information content (AvgIpc) is 3.04. The normalized spacial score (nSPS) is 14.3. The highest BCUT2D eigenvalue weighted by Crippen LogP contribution is 2.36. The van der Waals surface area contributed by atoms with Crippen molar-refractivity contribution in [3.8, 4) is 12.3 Å². The molecule has 1 N–H and O–H groups in total. The van der Waals surface area contributed by atoms with E-state index < -0.39 is 52.7 Å². The van der Waals surface area contributed by atoms with Gasteiger partial charge in [-0.3, -0.25) is 20.0 Å².